The van der Waals surface area contributed by atoms with Crippen molar-refractivity contribution in [3.8, 4) is 0 Å². The van der Waals surface area contributed by atoms with Gasteiger partial charge in [0.25, 0.3) is 0 Å². The second kappa shape index (κ2) is 6.40. The maximum absolute atomic E-state index is 13.1. The van der Waals surface area contributed by atoms with Crippen LogP contribution in [0, 0.1) is 0 Å². The second-order valence-electron chi connectivity index (χ2n) is 6.68. The lowest BCUT2D eigenvalue weighted by Gasteiger charge is -2.23. The predicted molar refractivity (Wildman–Crippen MR) is 106 cm³/mol. The summed E-state index contributed by atoms with van der Waals surface area (Å²) in [6.45, 7) is 3.60. The minimum atomic E-state index is -3.73. The lowest BCUT2D eigenvalue weighted by Crippen LogP contribution is -2.29. The molecule has 2 heterocycles. The molecule has 6 nitrogen and oxygen atoms in total. The van der Waals surface area contributed by atoms with Crippen molar-refractivity contribution in [3.05, 3.63) is 53.0 Å². The number of amides is 1. The molecule has 2 aromatic carbocycles. The number of carbonyl (C=O) groups excluding carboxylic acids is 1. The number of nitrogens with zero attached hydrogens (tertiary/aromatic N) is 2. The van der Waals surface area contributed by atoms with Crippen molar-refractivity contribution in [1.82, 2.24) is 9.29 Å². The van der Waals surface area contributed by atoms with Crippen LogP contribution in [0.1, 0.15) is 36.4 Å². The van der Waals surface area contributed by atoms with Crippen LogP contribution in [0.4, 0.5) is 5.69 Å². The van der Waals surface area contributed by atoms with Gasteiger partial charge in [-0.25, -0.2) is 13.4 Å². The number of para-hydroxylation sites is 1. The van der Waals surface area contributed by atoms with Crippen molar-refractivity contribution < 1.29 is 13.2 Å². The molecule has 0 aliphatic carbocycles. The number of benzene rings is 2. The van der Waals surface area contributed by atoms with Crippen molar-refractivity contribution in [3.63, 3.8) is 0 Å². The Labute approximate surface area is 161 Å². The van der Waals surface area contributed by atoms with Crippen molar-refractivity contribution in [1.29, 1.82) is 0 Å². The van der Waals surface area contributed by atoms with Crippen LogP contribution >= 0.6 is 11.3 Å². The monoisotopic (exact) mass is 401 g/mol. The van der Waals surface area contributed by atoms with Crippen LogP contribution in [0.5, 0.6) is 0 Å². The molecule has 3 aromatic rings. The summed E-state index contributed by atoms with van der Waals surface area (Å²) in [6, 6.07) is 12.1. The van der Waals surface area contributed by atoms with E-state index in [-0.39, 0.29) is 16.7 Å². The molecule has 0 spiro atoms. The Kier molecular flexibility index (Phi) is 4.29. The maximum Gasteiger partial charge on any atom is 0.243 e. The Balaban J connectivity index is 1.68. The van der Waals surface area contributed by atoms with Gasteiger partial charge < -0.3 is 5.32 Å². The fraction of sp³-hybridized carbons (Fsp3) is 0.263. The summed E-state index contributed by atoms with van der Waals surface area (Å²) in [6.07, 6.45) is 0. The molecule has 1 aliphatic rings. The Bertz CT molecular complexity index is 1120. The van der Waals surface area contributed by atoms with E-state index >= 15 is 0 Å². The van der Waals surface area contributed by atoms with Gasteiger partial charge in [-0.15, -0.1) is 11.3 Å². The molecule has 4 rings (SSSR count). The smallest absolute Gasteiger partial charge is 0.243 e. The van der Waals surface area contributed by atoms with Crippen LogP contribution < -0.4 is 5.32 Å². The number of anilines is 1. The predicted octanol–water partition coefficient (Wildman–Crippen LogP) is 3.73. The number of fused-ring (bicyclic) bond motifs is 2. The van der Waals surface area contributed by atoms with Gasteiger partial charge in [-0.05, 0) is 49.7 Å². The molecule has 0 saturated heterocycles. The fourth-order valence-corrected chi connectivity index (χ4v) is 5.65. The number of thiazole rings is 1. The summed E-state index contributed by atoms with van der Waals surface area (Å²) < 4.78 is 28.7. The average molecular weight is 402 g/mol. The summed E-state index contributed by atoms with van der Waals surface area (Å²) in [5.41, 5.74) is 2.25. The molecule has 2 atom stereocenters. The highest BCUT2D eigenvalue weighted by Gasteiger charge is 2.32. The molecule has 0 unspecified atom stereocenters. The van der Waals surface area contributed by atoms with E-state index in [0.29, 0.717) is 11.3 Å². The van der Waals surface area contributed by atoms with Crippen LogP contribution in [-0.4, -0.2) is 30.7 Å². The number of hydrogen-bond acceptors (Lipinski definition) is 5. The molecule has 1 aliphatic heterocycles. The molecule has 0 bridgehead atoms. The third-order valence-electron chi connectivity index (χ3n) is 5.03. The Hall–Kier alpha value is -2.29. The van der Waals surface area contributed by atoms with Gasteiger partial charge in [0, 0.05) is 12.7 Å². The molecule has 1 aromatic heterocycles. The first kappa shape index (κ1) is 18.1. The number of aromatic nitrogens is 1. The van der Waals surface area contributed by atoms with Gasteiger partial charge in [0.1, 0.15) is 5.01 Å². The van der Waals surface area contributed by atoms with E-state index < -0.39 is 16.1 Å². The topological polar surface area (TPSA) is 79.4 Å². The first-order valence-electron chi connectivity index (χ1n) is 8.57. The number of sulfonamides is 1. The molecular formula is C19H19N3O3S2. The molecule has 0 radical (unpaired) electrons. The molecule has 140 valence electrons. The lowest BCUT2D eigenvalue weighted by atomic mass is 10.0. The standard InChI is InChI=1S/C19H19N3O3S2/c1-11-14-10-13(8-9-15(14)20-18(11)23)27(24,25)22(3)12(2)19-21-16-6-4-5-7-17(16)26-19/h4-12H,1-3H3,(H,20,23)/t11-,12+/m1/s1. The summed E-state index contributed by atoms with van der Waals surface area (Å²) in [5.74, 6) is -0.474. The highest BCUT2D eigenvalue weighted by Crippen LogP contribution is 2.36. The zero-order chi connectivity index (χ0) is 19.3. The normalized spacial score (nSPS) is 17.9. The van der Waals surface area contributed by atoms with E-state index in [1.165, 1.54) is 21.7 Å². The van der Waals surface area contributed by atoms with Crippen LogP contribution in [0.15, 0.2) is 47.4 Å². The minimum Gasteiger partial charge on any atom is -0.325 e. The maximum atomic E-state index is 13.1. The Morgan fingerprint density at radius 3 is 2.70 bits per heavy atom. The SMILES string of the molecule is C[C@H]1C(=O)Nc2ccc(S(=O)(=O)N(C)[C@@H](C)c3nc4ccccc4s3)cc21. The van der Waals surface area contributed by atoms with Crippen molar-refractivity contribution in [2.24, 2.45) is 0 Å². The van der Waals surface area contributed by atoms with Crippen molar-refractivity contribution in [2.75, 3.05) is 12.4 Å². The van der Waals surface area contributed by atoms with Gasteiger partial charge in [-0.2, -0.15) is 4.31 Å². The zero-order valence-corrected chi connectivity index (χ0v) is 16.8. The molecule has 1 amide bonds. The molecule has 1 N–H and O–H groups in total. The number of rotatable bonds is 4. The van der Waals surface area contributed by atoms with E-state index in [1.54, 1.807) is 26.1 Å². The van der Waals surface area contributed by atoms with E-state index in [0.717, 1.165) is 15.2 Å². The Morgan fingerprint density at radius 1 is 1.22 bits per heavy atom. The highest BCUT2D eigenvalue weighted by molar-refractivity contribution is 7.89. The molecule has 0 fully saturated rings. The van der Waals surface area contributed by atoms with Gasteiger partial charge >= 0.3 is 0 Å². The highest BCUT2D eigenvalue weighted by atomic mass is 32.2. The van der Waals surface area contributed by atoms with Crippen LogP contribution in [0.3, 0.4) is 0 Å². The summed E-state index contributed by atoms with van der Waals surface area (Å²) >= 11 is 1.49. The third-order valence-corrected chi connectivity index (χ3v) is 8.16. The summed E-state index contributed by atoms with van der Waals surface area (Å²) in [7, 11) is -2.16. The zero-order valence-electron chi connectivity index (χ0n) is 15.1. The molecular weight excluding hydrogens is 382 g/mol. The first-order chi connectivity index (χ1) is 12.8. The van der Waals surface area contributed by atoms with Crippen LogP contribution in [-0.2, 0) is 14.8 Å². The van der Waals surface area contributed by atoms with Crippen molar-refractivity contribution >= 4 is 43.2 Å². The van der Waals surface area contributed by atoms with Crippen LogP contribution in [0.25, 0.3) is 10.2 Å². The van der Waals surface area contributed by atoms with E-state index in [9.17, 15) is 13.2 Å². The quantitative estimate of drug-likeness (QED) is 0.722. The molecule has 27 heavy (non-hydrogen) atoms. The van der Waals surface area contributed by atoms with Gasteiger partial charge in [0.2, 0.25) is 15.9 Å². The lowest BCUT2D eigenvalue weighted by molar-refractivity contribution is -0.116. The average Bonchev–Trinajstić information content (AvgIpc) is 3.21. The van der Waals surface area contributed by atoms with E-state index in [1.807, 2.05) is 31.2 Å². The third kappa shape index (κ3) is 2.93. The molecule has 0 saturated carbocycles. The van der Waals surface area contributed by atoms with Gasteiger partial charge in [0.05, 0.1) is 27.1 Å². The van der Waals surface area contributed by atoms with E-state index in [2.05, 4.69) is 10.3 Å². The second-order valence-corrected chi connectivity index (χ2v) is 9.74. The fourth-order valence-electron chi connectivity index (χ4n) is 3.15. The van der Waals surface area contributed by atoms with Crippen LogP contribution in [0.2, 0.25) is 0 Å². The summed E-state index contributed by atoms with van der Waals surface area (Å²) in [4.78, 5) is 16.6. The minimum absolute atomic E-state index is 0.115. The molecule has 8 heteroatoms. The van der Waals surface area contributed by atoms with Gasteiger partial charge in [-0.3, -0.25) is 4.79 Å². The van der Waals surface area contributed by atoms with Crippen molar-refractivity contribution in [2.45, 2.75) is 30.7 Å². The first-order valence-corrected chi connectivity index (χ1v) is 10.8. The van der Waals surface area contributed by atoms with Gasteiger partial charge in [-0.1, -0.05) is 12.1 Å². The number of nitrogens with one attached hydrogen (secondary N) is 1. The number of carbonyl (C=O) groups is 1. The largest absolute Gasteiger partial charge is 0.325 e. The summed E-state index contributed by atoms with van der Waals surface area (Å²) in [5, 5.41) is 3.51. The number of hydrogen-bond donors (Lipinski definition) is 1. The Morgan fingerprint density at radius 2 is 1.96 bits per heavy atom. The van der Waals surface area contributed by atoms with E-state index in [4.69, 9.17) is 0 Å². The van der Waals surface area contributed by atoms with Gasteiger partial charge in [0.15, 0.2) is 0 Å².